The summed E-state index contributed by atoms with van der Waals surface area (Å²) in [5.41, 5.74) is 0. The van der Waals surface area contributed by atoms with Gasteiger partial charge in [-0.2, -0.15) is 4.31 Å². The van der Waals surface area contributed by atoms with Crippen molar-refractivity contribution in [2.45, 2.75) is 30.2 Å². The van der Waals surface area contributed by atoms with E-state index in [1.54, 1.807) is 13.3 Å². The maximum Gasteiger partial charge on any atom is 0.243 e. The Morgan fingerprint density at radius 2 is 2.08 bits per heavy atom. The van der Waals surface area contributed by atoms with Crippen molar-refractivity contribution < 1.29 is 17.5 Å². The number of benzene rings is 1. The van der Waals surface area contributed by atoms with Crippen LogP contribution in [0.3, 0.4) is 0 Å². The Morgan fingerprint density at radius 3 is 2.80 bits per heavy atom. The predicted octanol–water partition coefficient (Wildman–Crippen LogP) is 2.24. The first-order chi connectivity index (χ1) is 12.0. The van der Waals surface area contributed by atoms with Crippen molar-refractivity contribution in [2.75, 3.05) is 26.8 Å². The fourth-order valence-electron chi connectivity index (χ4n) is 3.19. The minimum atomic E-state index is -3.63. The summed E-state index contributed by atoms with van der Waals surface area (Å²) in [7, 11) is -1.98. The zero-order chi connectivity index (χ0) is 17.9. The van der Waals surface area contributed by atoms with Gasteiger partial charge in [-0.25, -0.2) is 17.8 Å². The topological polar surface area (TPSA) is 64.4 Å². The van der Waals surface area contributed by atoms with Crippen LogP contribution in [0.2, 0.25) is 0 Å². The van der Waals surface area contributed by atoms with E-state index >= 15 is 0 Å². The van der Waals surface area contributed by atoms with Gasteiger partial charge in [-0.05, 0) is 37.1 Å². The lowest BCUT2D eigenvalue weighted by molar-refractivity contribution is 0.184. The van der Waals surface area contributed by atoms with Crippen LogP contribution in [-0.4, -0.2) is 49.1 Å². The predicted molar refractivity (Wildman–Crippen MR) is 91.2 cm³/mol. The molecule has 1 atom stereocenters. The molecule has 2 aromatic rings. The second-order valence-electron chi connectivity index (χ2n) is 6.13. The molecule has 0 aliphatic carbocycles. The summed E-state index contributed by atoms with van der Waals surface area (Å²) in [5.74, 6) is 0.475. The van der Waals surface area contributed by atoms with Gasteiger partial charge in [0.1, 0.15) is 11.6 Å². The van der Waals surface area contributed by atoms with Crippen LogP contribution in [0, 0.1) is 5.82 Å². The third kappa shape index (κ3) is 3.91. The van der Waals surface area contributed by atoms with Crippen LogP contribution in [-0.2, 0) is 21.3 Å². The molecule has 1 aromatic carbocycles. The van der Waals surface area contributed by atoms with E-state index in [0.717, 1.165) is 18.7 Å². The van der Waals surface area contributed by atoms with Gasteiger partial charge in [-0.1, -0.05) is 0 Å². The third-order valence-corrected chi connectivity index (χ3v) is 6.36. The molecule has 1 saturated heterocycles. The lowest BCUT2D eigenvalue weighted by Crippen LogP contribution is -2.39. The van der Waals surface area contributed by atoms with E-state index in [1.165, 1.54) is 28.6 Å². The molecule has 136 valence electrons. The highest BCUT2D eigenvalue weighted by atomic mass is 32.2. The summed E-state index contributed by atoms with van der Waals surface area (Å²) in [4.78, 5) is 4.55. The highest BCUT2D eigenvalue weighted by Crippen LogP contribution is 2.29. The number of piperidine rings is 1. The largest absolute Gasteiger partial charge is 0.383 e. The fraction of sp³-hybridized carbons (Fsp3) is 0.471. The van der Waals surface area contributed by atoms with Crippen molar-refractivity contribution in [3.63, 3.8) is 0 Å². The fourth-order valence-corrected chi connectivity index (χ4v) is 4.71. The Hall–Kier alpha value is -1.77. The normalized spacial score (nSPS) is 19.2. The van der Waals surface area contributed by atoms with Gasteiger partial charge < -0.3 is 9.30 Å². The molecular weight excluding hydrogens is 345 g/mol. The van der Waals surface area contributed by atoms with Crippen molar-refractivity contribution in [3.8, 4) is 0 Å². The first-order valence-corrected chi connectivity index (χ1v) is 9.72. The van der Waals surface area contributed by atoms with Gasteiger partial charge in [-0.15, -0.1) is 0 Å². The third-order valence-electron chi connectivity index (χ3n) is 4.48. The van der Waals surface area contributed by atoms with Crippen LogP contribution < -0.4 is 0 Å². The van der Waals surface area contributed by atoms with Crippen molar-refractivity contribution in [1.29, 1.82) is 0 Å². The summed E-state index contributed by atoms with van der Waals surface area (Å²) in [6.07, 6.45) is 5.28. The quantitative estimate of drug-likeness (QED) is 0.785. The number of hydrogen-bond acceptors (Lipinski definition) is 4. The van der Waals surface area contributed by atoms with Gasteiger partial charge in [0.2, 0.25) is 10.0 Å². The van der Waals surface area contributed by atoms with Crippen LogP contribution in [0.4, 0.5) is 4.39 Å². The van der Waals surface area contributed by atoms with Crippen LogP contribution in [0.1, 0.15) is 24.6 Å². The van der Waals surface area contributed by atoms with Crippen molar-refractivity contribution in [3.05, 3.63) is 48.3 Å². The first kappa shape index (κ1) is 18.0. The highest BCUT2D eigenvalue weighted by Gasteiger charge is 2.32. The molecule has 25 heavy (non-hydrogen) atoms. The maximum atomic E-state index is 13.1. The number of rotatable bonds is 6. The molecule has 0 amide bonds. The van der Waals surface area contributed by atoms with Crippen molar-refractivity contribution in [2.24, 2.45) is 0 Å². The van der Waals surface area contributed by atoms with Gasteiger partial charge in [0.25, 0.3) is 0 Å². The zero-order valence-electron chi connectivity index (χ0n) is 14.1. The summed E-state index contributed by atoms with van der Waals surface area (Å²) >= 11 is 0. The molecule has 8 heteroatoms. The summed E-state index contributed by atoms with van der Waals surface area (Å²) < 4.78 is 47.3. The minimum Gasteiger partial charge on any atom is -0.383 e. The Labute approximate surface area is 147 Å². The molecule has 6 nitrogen and oxygen atoms in total. The Kier molecular flexibility index (Phi) is 5.51. The van der Waals surface area contributed by atoms with Gasteiger partial charge in [0.15, 0.2) is 0 Å². The minimum absolute atomic E-state index is 0.0378. The number of ether oxygens (including phenoxy) is 1. The molecular formula is C17H22FN3O3S. The number of aromatic nitrogens is 2. The number of nitrogens with zero attached hydrogens (tertiary/aromatic N) is 3. The van der Waals surface area contributed by atoms with Crippen LogP contribution in [0.5, 0.6) is 0 Å². The SMILES string of the molecule is COCCn1ccnc1C1CCCN(S(=O)(=O)c2ccc(F)cc2)C1. The molecule has 0 saturated carbocycles. The molecule has 0 spiro atoms. The highest BCUT2D eigenvalue weighted by molar-refractivity contribution is 7.89. The molecule has 1 aromatic heterocycles. The Balaban J connectivity index is 1.79. The lowest BCUT2D eigenvalue weighted by Gasteiger charge is -2.31. The van der Waals surface area contributed by atoms with E-state index in [0.29, 0.717) is 26.2 Å². The second kappa shape index (κ2) is 7.63. The number of sulfonamides is 1. The monoisotopic (exact) mass is 367 g/mol. The maximum absolute atomic E-state index is 13.1. The number of imidazole rings is 1. The van der Waals surface area contributed by atoms with Crippen LogP contribution >= 0.6 is 0 Å². The Bertz CT molecular complexity index is 805. The molecule has 2 heterocycles. The number of methoxy groups -OCH3 is 1. The van der Waals surface area contributed by atoms with Crippen LogP contribution in [0.15, 0.2) is 41.6 Å². The second-order valence-corrected chi connectivity index (χ2v) is 8.07. The van der Waals surface area contributed by atoms with E-state index in [4.69, 9.17) is 4.74 Å². The lowest BCUT2D eigenvalue weighted by atomic mass is 9.99. The van der Waals surface area contributed by atoms with Gasteiger partial charge >= 0.3 is 0 Å². The van der Waals surface area contributed by atoms with Gasteiger partial charge in [0.05, 0.1) is 11.5 Å². The molecule has 1 unspecified atom stereocenters. The van der Waals surface area contributed by atoms with Crippen LogP contribution in [0.25, 0.3) is 0 Å². The molecule has 0 bridgehead atoms. The molecule has 3 rings (SSSR count). The molecule has 1 fully saturated rings. The summed E-state index contributed by atoms with van der Waals surface area (Å²) in [6, 6.07) is 4.97. The van der Waals surface area contributed by atoms with E-state index < -0.39 is 15.8 Å². The van der Waals surface area contributed by atoms with E-state index in [1.807, 2.05) is 10.8 Å². The van der Waals surface area contributed by atoms with Crippen molar-refractivity contribution >= 4 is 10.0 Å². The zero-order valence-corrected chi connectivity index (χ0v) is 15.0. The standard InChI is InChI=1S/C17H22FN3O3S/c1-24-12-11-20-10-8-19-17(20)14-3-2-9-21(13-14)25(22,23)16-6-4-15(18)5-7-16/h4-8,10,14H,2-3,9,11-13H2,1H3. The smallest absolute Gasteiger partial charge is 0.243 e. The molecule has 0 radical (unpaired) electrons. The molecule has 0 N–H and O–H groups in total. The van der Waals surface area contributed by atoms with E-state index in [9.17, 15) is 12.8 Å². The first-order valence-electron chi connectivity index (χ1n) is 8.28. The van der Waals surface area contributed by atoms with Gasteiger partial charge in [-0.3, -0.25) is 0 Å². The summed E-state index contributed by atoms with van der Waals surface area (Å²) in [5, 5.41) is 0. The summed E-state index contributed by atoms with van der Waals surface area (Å²) in [6.45, 7) is 2.11. The average Bonchev–Trinajstić information content (AvgIpc) is 3.09. The Morgan fingerprint density at radius 1 is 1.32 bits per heavy atom. The van der Waals surface area contributed by atoms with Crippen molar-refractivity contribution in [1.82, 2.24) is 13.9 Å². The van der Waals surface area contributed by atoms with E-state index in [2.05, 4.69) is 4.98 Å². The molecule has 1 aliphatic heterocycles. The van der Waals surface area contributed by atoms with Gasteiger partial charge in [0, 0.05) is 45.1 Å². The van der Waals surface area contributed by atoms with E-state index in [-0.39, 0.29) is 10.8 Å². The number of halogens is 1. The molecule has 1 aliphatic rings. The average molecular weight is 367 g/mol. The number of hydrogen-bond donors (Lipinski definition) is 0.